The summed E-state index contributed by atoms with van der Waals surface area (Å²) in [6, 6.07) is 2.29. The summed E-state index contributed by atoms with van der Waals surface area (Å²) in [5.41, 5.74) is 5.22. The summed E-state index contributed by atoms with van der Waals surface area (Å²) in [6.45, 7) is 6.43. The summed E-state index contributed by atoms with van der Waals surface area (Å²) >= 11 is 0. The van der Waals surface area contributed by atoms with E-state index in [1.807, 2.05) is 0 Å². The van der Waals surface area contributed by atoms with Crippen molar-refractivity contribution < 1.29 is 0 Å². The van der Waals surface area contributed by atoms with Crippen LogP contribution >= 0.6 is 0 Å². The molecular weight excluding hydrogens is 160 g/mol. The molecule has 2 heterocycles. The fourth-order valence-electron chi connectivity index (χ4n) is 1.83. The van der Waals surface area contributed by atoms with E-state index in [-0.39, 0.29) is 0 Å². The van der Waals surface area contributed by atoms with Gasteiger partial charge in [0.25, 0.3) is 0 Å². The summed E-state index contributed by atoms with van der Waals surface area (Å²) in [4.78, 5) is 6.97. The van der Waals surface area contributed by atoms with Crippen molar-refractivity contribution in [2.75, 3.05) is 13.6 Å². The molecule has 2 rings (SSSR count). The van der Waals surface area contributed by atoms with Crippen LogP contribution in [0.5, 0.6) is 0 Å². The van der Waals surface area contributed by atoms with Crippen molar-refractivity contribution in [3.05, 3.63) is 28.6 Å². The van der Waals surface area contributed by atoms with Crippen LogP contribution in [0.25, 0.3) is 0 Å². The molecular formula is C11H16N2. The molecule has 70 valence electrons. The molecule has 0 N–H and O–H groups in total. The van der Waals surface area contributed by atoms with Crippen LogP contribution in [0.15, 0.2) is 6.07 Å². The van der Waals surface area contributed by atoms with Crippen molar-refractivity contribution >= 4 is 0 Å². The summed E-state index contributed by atoms with van der Waals surface area (Å²) in [6.07, 6.45) is 1.10. The van der Waals surface area contributed by atoms with Gasteiger partial charge in [-0.25, -0.2) is 0 Å². The van der Waals surface area contributed by atoms with Crippen LogP contribution in [0.2, 0.25) is 0 Å². The second kappa shape index (κ2) is 3.11. The first kappa shape index (κ1) is 8.70. The molecule has 1 aromatic heterocycles. The van der Waals surface area contributed by atoms with Gasteiger partial charge in [-0.2, -0.15) is 0 Å². The van der Waals surface area contributed by atoms with E-state index in [2.05, 4.69) is 36.8 Å². The quantitative estimate of drug-likeness (QED) is 0.598. The molecule has 0 fully saturated rings. The fraction of sp³-hybridized carbons (Fsp3) is 0.545. The summed E-state index contributed by atoms with van der Waals surface area (Å²) in [5.74, 6) is 0. The van der Waals surface area contributed by atoms with Gasteiger partial charge in [0.2, 0.25) is 0 Å². The number of pyridine rings is 1. The Morgan fingerprint density at radius 3 is 2.92 bits per heavy atom. The number of fused-ring (bicyclic) bond motifs is 1. The third-order valence-electron chi connectivity index (χ3n) is 2.81. The molecule has 1 aliphatic rings. The Morgan fingerprint density at radius 1 is 1.38 bits per heavy atom. The summed E-state index contributed by atoms with van der Waals surface area (Å²) in [5, 5.41) is 0. The van der Waals surface area contributed by atoms with Gasteiger partial charge in [-0.1, -0.05) is 6.07 Å². The van der Waals surface area contributed by atoms with E-state index < -0.39 is 0 Å². The van der Waals surface area contributed by atoms with Gasteiger partial charge in [-0.05, 0) is 32.0 Å². The molecule has 1 aromatic rings. The lowest BCUT2D eigenvalue weighted by atomic mass is 10.0. The van der Waals surface area contributed by atoms with Crippen LogP contribution in [0.3, 0.4) is 0 Å². The largest absolute Gasteiger partial charge is 0.302 e. The average Bonchev–Trinajstić information content (AvgIpc) is 2.08. The van der Waals surface area contributed by atoms with Crippen molar-refractivity contribution in [1.29, 1.82) is 0 Å². The first-order chi connectivity index (χ1) is 6.16. The van der Waals surface area contributed by atoms with E-state index >= 15 is 0 Å². The highest BCUT2D eigenvalue weighted by Gasteiger charge is 2.14. The van der Waals surface area contributed by atoms with Crippen LogP contribution in [-0.4, -0.2) is 23.5 Å². The minimum atomic E-state index is 1.06. The zero-order chi connectivity index (χ0) is 9.42. The van der Waals surface area contributed by atoms with Gasteiger partial charge >= 0.3 is 0 Å². The molecule has 0 atom stereocenters. The molecule has 0 amide bonds. The first-order valence-electron chi connectivity index (χ1n) is 4.81. The van der Waals surface area contributed by atoms with E-state index in [9.17, 15) is 0 Å². The maximum Gasteiger partial charge on any atom is 0.0464 e. The number of likely N-dealkylation sites (N-methyl/N-ethyl adjacent to an activating group) is 1. The highest BCUT2D eigenvalue weighted by Crippen LogP contribution is 2.18. The zero-order valence-corrected chi connectivity index (χ0v) is 8.59. The van der Waals surface area contributed by atoms with Gasteiger partial charge in [0, 0.05) is 30.9 Å². The van der Waals surface area contributed by atoms with Gasteiger partial charge in [0.1, 0.15) is 0 Å². The molecule has 13 heavy (non-hydrogen) atoms. The number of aryl methyl sites for hydroxylation is 2. The Balaban J connectivity index is 2.43. The van der Waals surface area contributed by atoms with E-state index in [4.69, 9.17) is 0 Å². The zero-order valence-electron chi connectivity index (χ0n) is 8.59. The van der Waals surface area contributed by atoms with Gasteiger partial charge in [0.15, 0.2) is 0 Å². The normalized spacial score (nSPS) is 17.2. The molecule has 0 spiro atoms. The number of nitrogens with zero attached hydrogens (tertiary/aromatic N) is 2. The van der Waals surface area contributed by atoms with Gasteiger partial charge in [-0.15, -0.1) is 0 Å². The molecule has 0 saturated carbocycles. The number of aromatic nitrogens is 1. The number of rotatable bonds is 0. The molecule has 1 aliphatic heterocycles. The fourth-order valence-corrected chi connectivity index (χ4v) is 1.83. The summed E-state index contributed by atoms with van der Waals surface area (Å²) in [7, 11) is 2.16. The van der Waals surface area contributed by atoms with E-state index in [0.29, 0.717) is 0 Å². The Bertz CT molecular complexity index is 331. The van der Waals surface area contributed by atoms with Gasteiger partial charge < -0.3 is 4.90 Å². The van der Waals surface area contributed by atoms with Gasteiger partial charge in [0.05, 0.1) is 0 Å². The number of hydrogen-bond donors (Lipinski definition) is 0. The van der Waals surface area contributed by atoms with Crippen molar-refractivity contribution in [2.45, 2.75) is 26.8 Å². The third-order valence-corrected chi connectivity index (χ3v) is 2.81. The van der Waals surface area contributed by atoms with Crippen molar-refractivity contribution in [1.82, 2.24) is 9.88 Å². The van der Waals surface area contributed by atoms with E-state index in [1.54, 1.807) is 0 Å². The second-order valence-electron chi connectivity index (χ2n) is 3.98. The Hall–Kier alpha value is -0.890. The summed E-state index contributed by atoms with van der Waals surface area (Å²) < 4.78 is 0. The van der Waals surface area contributed by atoms with Crippen LogP contribution < -0.4 is 0 Å². The second-order valence-corrected chi connectivity index (χ2v) is 3.98. The maximum absolute atomic E-state index is 4.62. The first-order valence-corrected chi connectivity index (χ1v) is 4.81. The van der Waals surface area contributed by atoms with Crippen LogP contribution in [0.4, 0.5) is 0 Å². The Labute approximate surface area is 79.6 Å². The van der Waals surface area contributed by atoms with Crippen LogP contribution in [-0.2, 0) is 13.0 Å². The Morgan fingerprint density at radius 2 is 2.15 bits per heavy atom. The minimum absolute atomic E-state index is 1.06. The van der Waals surface area contributed by atoms with E-state index in [0.717, 1.165) is 19.5 Å². The molecule has 0 radical (unpaired) electrons. The molecule has 0 unspecified atom stereocenters. The van der Waals surface area contributed by atoms with E-state index in [1.165, 1.54) is 22.5 Å². The lowest BCUT2D eigenvalue weighted by molar-refractivity contribution is 0.309. The maximum atomic E-state index is 4.62. The molecule has 0 saturated heterocycles. The van der Waals surface area contributed by atoms with Crippen molar-refractivity contribution in [3.8, 4) is 0 Å². The SMILES string of the molecule is Cc1cc2c(nc1C)CCN(C)C2. The number of hydrogen-bond acceptors (Lipinski definition) is 2. The minimum Gasteiger partial charge on any atom is -0.302 e. The molecule has 0 aliphatic carbocycles. The van der Waals surface area contributed by atoms with Crippen LogP contribution in [0, 0.1) is 13.8 Å². The topological polar surface area (TPSA) is 16.1 Å². The predicted octanol–water partition coefficient (Wildman–Crippen LogP) is 1.69. The lowest BCUT2D eigenvalue weighted by Gasteiger charge is -2.24. The average molecular weight is 176 g/mol. The predicted molar refractivity (Wildman–Crippen MR) is 53.7 cm³/mol. The molecule has 0 aromatic carbocycles. The van der Waals surface area contributed by atoms with Crippen molar-refractivity contribution in [2.24, 2.45) is 0 Å². The molecule has 2 nitrogen and oxygen atoms in total. The monoisotopic (exact) mass is 176 g/mol. The smallest absolute Gasteiger partial charge is 0.0464 e. The highest BCUT2D eigenvalue weighted by atomic mass is 15.1. The Kier molecular flexibility index (Phi) is 2.08. The third kappa shape index (κ3) is 1.59. The lowest BCUT2D eigenvalue weighted by Crippen LogP contribution is -2.27. The molecule has 2 heteroatoms. The molecule has 0 bridgehead atoms. The van der Waals surface area contributed by atoms with Crippen LogP contribution in [0.1, 0.15) is 22.5 Å². The highest BCUT2D eigenvalue weighted by molar-refractivity contribution is 5.30. The van der Waals surface area contributed by atoms with Crippen molar-refractivity contribution in [3.63, 3.8) is 0 Å². The standard InChI is InChI=1S/C11H16N2/c1-8-6-10-7-13(3)5-4-11(10)12-9(8)2/h6H,4-5,7H2,1-3H3. The van der Waals surface area contributed by atoms with Gasteiger partial charge in [-0.3, -0.25) is 4.98 Å².